The van der Waals surface area contributed by atoms with Crippen LogP contribution in [0.3, 0.4) is 0 Å². The van der Waals surface area contributed by atoms with Crippen molar-refractivity contribution in [2.75, 3.05) is 5.32 Å². The van der Waals surface area contributed by atoms with Gasteiger partial charge in [0.15, 0.2) is 10.9 Å². The van der Waals surface area contributed by atoms with Crippen LogP contribution in [0.5, 0.6) is 0 Å². The van der Waals surface area contributed by atoms with Crippen molar-refractivity contribution in [2.45, 2.75) is 33.1 Å². The number of rotatable bonds is 6. The van der Waals surface area contributed by atoms with E-state index in [4.69, 9.17) is 0 Å². The molecule has 0 saturated heterocycles. The molecule has 0 fully saturated rings. The zero-order chi connectivity index (χ0) is 13.7. The van der Waals surface area contributed by atoms with Crippen LogP contribution in [-0.4, -0.2) is 10.8 Å². The fourth-order valence-electron chi connectivity index (χ4n) is 1.75. The smallest absolute Gasteiger partial charge is 0.187 e. The first kappa shape index (κ1) is 13.7. The molecular formula is C15H18N2OS. The number of nitrogens with zero attached hydrogens (tertiary/aromatic N) is 1. The Labute approximate surface area is 117 Å². The number of aryl methyl sites for hydroxylation is 1. The van der Waals surface area contributed by atoms with E-state index in [9.17, 15) is 4.79 Å². The molecule has 0 radical (unpaired) electrons. The van der Waals surface area contributed by atoms with E-state index in [1.54, 1.807) is 18.3 Å². The Bertz CT molecular complexity index is 546. The quantitative estimate of drug-likeness (QED) is 0.792. The molecule has 0 aliphatic heterocycles. The topological polar surface area (TPSA) is 42.0 Å². The molecule has 0 aliphatic rings. The molecule has 0 aliphatic carbocycles. The standard InChI is InChI=1S/C15H18N2OS/c1-3-4-5-14-10-19-15(17-14)16-13-8-6-12(7-9-13)11(2)18/h6-10H,3-5H2,1-2H3,(H,16,17). The Morgan fingerprint density at radius 2 is 2.05 bits per heavy atom. The van der Waals surface area contributed by atoms with Crippen LogP contribution < -0.4 is 5.32 Å². The lowest BCUT2D eigenvalue weighted by atomic mass is 10.1. The van der Waals surface area contributed by atoms with Crippen molar-refractivity contribution in [3.05, 3.63) is 40.9 Å². The number of benzene rings is 1. The zero-order valence-corrected chi connectivity index (χ0v) is 12.1. The lowest BCUT2D eigenvalue weighted by molar-refractivity contribution is 0.101. The number of anilines is 2. The zero-order valence-electron chi connectivity index (χ0n) is 11.3. The molecule has 0 unspecified atom stereocenters. The number of ketones is 1. The highest BCUT2D eigenvalue weighted by Gasteiger charge is 2.03. The molecule has 1 aromatic carbocycles. The van der Waals surface area contributed by atoms with Gasteiger partial charge in [-0.25, -0.2) is 4.98 Å². The van der Waals surface area contributed by atoms with E-state index in [1.807, 2.05) is 24.3 Å². The summed E-state index contributed by atoms with van der Waals surface area (Å²) in [6.45, 7) is 3.76. The molecule has 2 aromatic rings. The molecule has 3 nitrogen and oxygen atoms in total. The van der Waals surface area contributed by atoms with Gasteiger partial charge < -0.3 is 5.32 Å². The van der Waals surface area contributed by atoms with Gasteiger partial charge in [-0.3, -0.25) is 4.79 Å². The number of aromatic nitrogens is 1. The van der Waals surface area contributed by atoms with E-state index >= 15 is 0 Å². The van der Waals surface area contributed by atoms with Crippen LogP contribution in [0.25, 0.3) is 0 Å². The molecule has 1 aromatic heterocycles. The van der Waals surface area contributed by atoms with Crippen molar-refractivity contribution in [1.82, 2.24) is 4.98 Å². The largest absolute Gasteiger partial charge is 0.332 e. The summed E-state index contributed by atoms with van der Waals surface area (Å²) in [7, 11) is 0. The fraction of sp³-hybridized carbons (Fsp3) is 0.333. The molecule has 4 heteroatoms. The van der Waals surface area contributed by atoms with Crippen molar-refractivity contribution < 1.29 is 4.79 Å². The number of hydrogen-bond donors (Lipinski definition) is 1. The van der Waals surface area contributed by atoms with E-state index in [0.29, 0.717) is 0 Å². The number of carbonyl (C=O) groups is 1. The van der Waals surface area contributed by atoms with Crippen LogP contribution in [0.15, 0.2) is 29.6 Å². The molecule has 1 N–H and O–H groups in total. The van der Waals surface area contributed by atoms with Gasteiger partial charge in [0.1, 0.15) is 0 Å². The summed E-state index contributed by atoms with van der Waals surface area (Å²) >= 11 is 1.62. The summed E-state index contributed by atoms with van der Waals surface area (Å²) in [5.74, 6) is 0.0858. The van der Waals surface area contributed by atoms with Gasteiger partial charge in [0, 0.05) is 16.6 Å². The van der Waals surface area contributed by atoms with Gasteiger partial charge in [0.2, 0.25) is 0 Å². The van der Waals surface area contributed by atoms with Crippen molar-refractivity contribution >= 4 is 27.9 Å². The lowest BCUT2D eigenvalue weighted by Gasteiger charge is -2.03. The highest BCUT2D eigenvalue weighted by atomic mass is 32.1. The monoisotopic (exact) mass is 274 g/mol. The second-order valence-electron chi connectivity index (χ2n) is 4.51. The van der Waals surface area contributed by atoms with Gasteiger partial charge in [-0.2, -0.15) is 0 Å². The third-order valence-electron chi connectivity index (χ3n) is 2.88. The van der Waals surface area contributed by atoms with Gasteiger partial charge in [0.25, 0.3) is 0 Å². The average Bonchev–Trinajstić information content (AvgIpc) is 2.84. The predicted molar refractivity (Wildman–Crippen MR) is 80.5 cm³/mol. The van der Waals surface area contributed by atoms with Crippen molar-refractivity contribution in [3.63, 3.8) is 0 Å². The normalized spacial score (nSPS) is 10.4. The SMILES string of the molecule is CCCCc1csc(Nc2ccc(C(C)=O)cc2)n1. The molecule has 0 amide bonds. The highest BCUT2D eigenvalue weighted by Crippen LogP contribution is 2.22. The maximum atomic E-state index is 11.2. The second-order valence-corrected chi connectivity index (χ2v) is 5.36. The Morgan fingerprint density at radius 1 is 1.32 bits per heavy atom. The summed E-state index contributed by atoms with van der Waals surface area (Å²) in [5.41, 5.74) is 2.84. The Hall–Kier alpha value is -1.68. The van der Waals surface area contributed by atoms with Crippen molar-refractivity contribution in [1.29, 1.82) is 0 Å². The molecule has 0 spiro atoms. The lowest BCUT2D eigenvalue weighted by Crippen LogP contribution is -1.94. The predicted octanol–water partition coefficient (Wildman–Crippen LogP) is 4.43. The van der Waals surface area contributed by atoms with Crippen LogP contribution in [0.2, 0.25) is 0 Å². The molecule has 0 bridgehead atoms. The van der Waals surface area contributed by atoms with Gasteiger partial charge in [-0.05, 0) is 44.0 Å². The van der Waals surface area contributed by atoms with Crippen LogP contribution in [0.4, 0.5) is 10.8 Å². The summed E-state index contributed by atoms with van der Waals surface area (Å²) in [5, 5.41) is 6.27. The van der Waals surface area contributed by atoms with Crippen molar-refractivity contribution in [3.8, 4) is 0 Å². The first-order valence-electron chi connectivity index (χ1n) is 6.51. The first-order chi connectivity index (χ1) is 9.19. The number of unbranched alkanes of at least 4 members (excludes halogenated alkanes) is 1. The summed E-state index contributed by atoms with van der Waals surface area (Å²) in [4.78, 5) is 15.7. The minimum absolute atomic E-state index is 0.0858. The molecule has 100 valence electrons. The van der Waals surface area contributed by atoms with E-state index in [1.165, 1.54) is 12.8 Å². The van der Waals surface area contributed by atoms with E-state index < -0.39 is 0 Å². The van der Waals surface area contributed by atoms with Crippen LogP contribution in [0.1, 0.15) is 42.7 Å². The van der Waals surface area contributed by atoms with Gasteiger partial charge >= 0.3 is 0 Å². The third-order valence-corrected chi connectivity index (χ3v) is 3.69. The highest BCUT2D eigenvalue weighted by molar-refractivity contribution is 7.13. The number of hydrogen-bond acceptors (Lipinski definition) is 4. The number of carbonyl (C=O) groups excluding carboxylic acids is 1. The van der Waals surface area contributed by atoms with Gasteiger partial charge in [0.05, 0.1) is 5.69 Å². The molecule has 1 heterocycles. The van der Waals surface area contributed by atoms with E-state index in [0.717, 1.165) is 28.5 Å². The Kier molecular flexibility index (Phi) is 4.68. The van der Waals surface area contributed by atoms with E-state index in [2.05, 4.69) is 22.6 Å². The summed E-state index contributed by atoms with van der Waals surface area (Å²) in [6, 6.07) is 7.47. The molecule has 19 heavy (non-hydrogen) atoms. The number of nitrogens with one attached hydrogen (secondary N) is 1. The average molecular weight is 274 g/mol. The van der Waals surface area contributed by atoms with Crippen molar-refractivity contribution in [2.24, 2.45) is 0 Å². The first-order valence-corrected chi connectivity index (χ1v) is 7.39. The molecule has 0 saturated carbocycles. The third kappa shape index (κ3) is 3.89. The van der Waals surface area contributed by atoms with E-state index in [-0.39, 0.29) is 5.78 Å². The van der Waals surface area contributed by atoms with Crippen LogP contribution in [0, 0.1) is 0 Å². The fourth-order valence-corrected chi connectivity index (χ4v) is 2.51. The Morgan fingerprint density at radius 3 is 2.68 bits per heavy atom. The number of Topliss-reactive ketones (excluding diaryl/α,β-unsaturated/α-hetero) is 1. The molecule has 2 rings (SSSR count). The second kappa shape index (κ2) is 6.48. The minimum atomic E-state index is 0.0858. The molecular weight excluding hydrogens is 256 g/mol. The number of thiazole rings is 1. The maximum absolute atomic E-state index is 11.2. The van der Waals surface area contributed by atoms with Gasteiger partial charge in [-0.1, -0.05) is 13.3 Å². The van der Waals surface area contributed by atoms with Crippen LogP contribution >= 0.6 is 11.3 Å². The summed E-state index contributed by atoms with van der Waals surface area (Å²) < 4.78 is 0. The minimum Gasteiger partial charge on any atom is -0.332 e. The maximum Gasteiger partial charge on any atom is 0.187 e. The molecule has 0 atom stereocenters. The summed E-state index contributed by atoms with van der Waals surface area (Å²) in [6.07, 6.45) is 3.40. The van der Waals surface area contributed by atoms with Gasteiger partial charge in [-0.15, -0.1) is 11.3 Å². The Balaban J connectivity index is 2.00. The van der Waals surface area contributed by atoms with Crippen LogP contribution in [-0.2, 0) is 6.42 Å².